The molecule has 1 aliphatic carbocycles. The maximum atomic E-state index is 9.38. The van der Waals surface area contributed by atoms with Crippen molar-refractivity contribution in [3.8, 4) is 17.2 Å². The summed E-state index contributed by atoms with van der Waals surface area (Å²) >= 11 is 0. The molecule has 0 heterocycles. The van der Waals surface area contributed by atoms with Gasteiger partial charge in [0.1, 0.15) is 5.75 Å². The molecule has 3 nitrogen and oxygen atoms in total. The molecule has 0 radical (unpaired) electrons. The maximum absolute atomic E-state index is 9.38. The van der Waals surface area contributed by atoms with Gasteiger partial charge in [0.05, 0.1) is 0 Å². The lowest BCUT2D eigenvalue weighted by Gasteiger charge is -2.06. The molecule has 0 spiro atoms. The predicted molar refractivity (Wildman–Crippen MR) is 43.5 cm³/mol. The van der Waals surface area contributed by atoms with E-state index in [0.29, 0.717) is 5.56 Å². The SMILES string of the molecule is Oc1cc(O)c2c(c1O)CCC2. The predicted octanol–water partition coefficient (Wildman–Crippen LogP) is 1.29. The average Bonchev–Trinajstić information content (AvgIpc) is 2.48. The van der Waals surface area contributed by atoms with Gasteiger partial charge in [-0.05, 0) is 19.3 Å². The van der Waals surface area contributed by atoms with E-state index in [-0.39, 0.29) is 17.2 Å². The second kappa shape index (κ2) is 2.30. The fourth-order valence-corrected chi connectivity index (χ4v) is 1.73. The second-order valence-corrected chi connectivity index (χ2v) is 3.07. The largest absolute Gasteiger partial charge is 0.508 e. The van der Waals surface area contributed by atoms with Gasteiger partial charge in [-0.3, -0.25) is 0 Å². The van der Waals surface area contributed by atoms with Crippen molar-refractivity contribution in [2.24, 2.45) is 0 Å². The van der Waals surface area contributed by atoms with Gasteiger partial charge >= 0.3 is 0 Å². The minimum Gasteiger partial charge on any atom is -0.508 e. The molecule has 0 fully saturated rings. The lowest BCUT2D eigenvalue weighted by atomic mass is 10.1. The van der Waals surface area contributed by atoms with Gasteiger partial charge in [0.15, 0.2) is 11.5 Å². The lowest BCUT2D eigenvalue weighted by molar-refractivity contribution is 0.392. The first kappa shape index (κ1) is 7.28. The fraction of sp³-hybridized carbons (Fsp3) is 0.333. The van der Waals surface area contributed by atoms with Crippen LogP contribution in [0.15, 0.2) is 6.07 Å². The molecular weight excluding hydrogens is 156 g/mol. The van der Waals surface area contributed by atoms with E-state index in [2.05, 4.69) is 0 Å². The van der Waals surface area contributed by atoms with Crippen LogP contribution in [0.5, 0.6) is 17.2 Å². The van der Waals surface area contributed by atoms with Crippen LogP contribution in [0.3, 0.4) is 0 Å². The summed E-state index contributed by atoms with van der Waals surface area (Å²) < 4.78 is 0. The van der Waals surface area contributed by atoms with Crippen molar-refractivity contribution in [3.05, 3.63) is 17.2 Å². The molecule has 2 rings (SSSR count). The summed E-state index contributed by atoms with van der Waals surface area (Å²) in [7, 11) is 0. The zero-order chi connectivity index (χ0) is 8.72. The normalized spacial score (nSPS) is 14.7. The topological polar surface area (TPSA) is 60.7 Å². The van der Waals surface area contributed by atoms with Crippen LogP contribution < -0.4 is 0 Å². The molecule has 1 aromatic rings. The molecule has 64 valence electrons. The van der Waals surface area contributed by atoms with E-state index in [0.717, 1.165) is 24.8 Å². The third-order valence-electron chi connectivity index (χ3n) is 2.33. The summed E-state index contributed by atoms with van der Waals surface area (Å²) in [5, 5.41) is 27.9. The van der Waals surface area contributed by atoms with Gasteiger partial charge in [-0.1, -0.05) is 0 Å². The summed E-state index contributed by atoms with van der Waals surface area (Å²) in [5.41, 5.74) is 1.48. The summed E-state index contributed by atoms with van der Waals surface area (Å²) in [5.74, 6) is -0.203. The molecule has 0 bridgehead atoms. The zero-order valence-electron chi connectivity index (χ0n) is 6.54. The summed E-state index contributed by atoms with van der Waals surface area (Å²) in [6.07, 6.45) is 2.46. The average molecular weight is 166 g/mol. The van der Waals surface area contributed by atoms with Crippen molar-refractivity contribution in [1.29, 1.82) is 0 Å². The van der Waals surface area contributed by atoms with Crippen molar-refractivity contribution in [2.75, 3.05) is 0 Å². The van der Waals surface area contributed by atoms with Gasteiger partial charge in [-0.25, -0.2) is 0 Å². The van der Waals surface area contributed by atoms with Crippen LogP contribution in [0.25, 0.3) is 0 Å². The Morgan fingerprint density at radius 2 is 1.58 bits per heavy atom. The standard InChI is InChI=1S/C9H10O3/c10-7-4-8(11)9(12)6-3-1-2-5(6)7/h4,10-12H,1-3H2. The van der Waals surface area contributed by atoms with E-state index < -0.39 is 0 Å². The molecule has 12 heavy (non-hydrogen) atoms. The van der Waals surface area contributed by atoms with Gasteiger partial charge in [-0.15, -0.1) is 0 Å². The number of aromatic hydroxyl groups is 3. The molecule has 0 amide bonds. The number of fused-ring (bicyclic) bond motifs is 1. The fourth-order valence-electron chi connectivity index (χ4n) is 1.73. The summed E-state index contributed by atoms with van der Waals surface area (Å²) in [6, 6.07) is 1.19. The van der Waals surface area contributed by atoms with Crippen molar-refractivity contribution in [2.45, 2.75) is 19.3 Å². The first-order valence-corrected chi connectivity index (χ1v) is 3.96. The first-order chi connectivity index (χ1) is 5.70. The first-order valence-electron chi connectivity index (χ1n) is 3.96. The van der Waals surface area contributed by atoms with E-state index in [9.17, 15) is 10.2 Å². The third-order valence-corrected chi connectivity index (χ3v) is 2.33. The van der Waals surface area contributed by atoms with Crippen molar-refractivity contribution >= 4 is 0 Å². The number of phenolic OH excluding ortho intramolecular Hbond substituents is 3. The van der Waals surface area contributed by atoms with Gasteiger partial charge in [0.2, 0.25) is 0 Å². The zero-order valence-corrected chi connectivity index (χ0v) is 6.54. The van der Waals surface area contributed by atoms with Crippen LogP contribution in [0.1, 0.15) is 17.5 Å². The molecule has 3 heteroatoms. The van der Waals surface area contributed by atoms with Gasteiger partial charge in [0, 0.05) is 17.2 Å². The Labute approximate surface area is 69.9 Å². The van der Waals surface area contributed by atoms with Crippen molar-refractivity contribution < 1.29 is 15.3 Å². The Morgan fingerprint density at radius 1 is 0.917 bits per heavy atom. The second-order valence-electron chi connectivity index (χ2n) is 3.07. The third kappa shape index (κ3) is 0.826. The van der Waals surface area contributed by atoms with E-state index in [1.165, 1.54) is 6.07 Å². The van der Waals surface area contributed by atoms with E-state index >= 15 is 0 Å². The highest BCUT2D eigenvalue weighted by Gasteiger charge is 2.20. The van der Waals surface area contributed by atoms with E-state index in [1.807, 2.05) is 0 Å². The van der Waals surface area contributed by atoms with Gasteiger partial charge < -0.3 is 15.3 Å². The van der Waals surface area contributed by atoms with Gasteiger partial charge in [-0.2, -0.15) is 0 Å². The Bertz CT molecular complexity index is 331. The smallest absolute Gasteiger partial charge is 0.161 e. The molecule has 0 aromatic heterocycles. The Morgan fingerprint density at radius 3 is 2.33 bits per heavy atom. The Hall–Kier alpha value is -1.38. The van der Waals surface area contributed by atoms with Crippen LogP contribution >= 0.6 is 0 Å². The highest BCUT2D eigenvalue weighted by Crippen LogP contribution is 2.41. The highest BCUT2D eigenvalue weighted by molar-refractivity contribution is 5.57. The summed E-state index contributed by atoms with van der Waals surface area (Å²) in [4.78, 5) is 0. The van der Waals surface area contributed by atoms with E-state index in [4.69, 9.17) is 5.11 Å². The molecular formula is C9H10O3. The lowest BCUT2D eigenvalue weighted by Crippen LogP contribution is -1.84. The molecule has 0 saturated carbocycles. The monoisotopic (exact) mass is 166 g/mol. The molecule has 1 aliphatic rings. The Kier molecular flexibility index (Phi) is 1.40. The number of hydrogen-bond acceptors (Lipinski definition) is 3. The highest BCUT2D eigenvalue weighted by atomic mass is 16.3. The van der Waals surface area contributed by atoms with Crippen LogP contribution in [-0.4, -0.2) is 15.3 Å². The number of benzene rings is 1. The molecule has 3 N–H and O–H groups in total. The summed E-state index contributed by atoms with van der Waals surface area (Å²) in [6.45, 7) is 0. The number of phenols is 3. The number of hydrogen-bond donors (Lipinski definition) is 3. The van der Waals surface area contributed by atoms with E-state index in [1.54, 1.807) is 0 Å². The molecule has 0 unspecified atom stereocenters. The number of rotatable bonds is 0. The van der Waals surface area contributed by atoms with Crippen molar-refractivity contribution in [1.82, 2.24) is 0 Å². The van der Waals surface area contributed by atoms with Crippen LogP contribution in [0.2, 0.25) is 0 Å². The molecule has 0 atom stereocenters. The molecule has 0 saturated heterocycles. The molecule has 0 aliphatic heterocycles. The van der Waals surface area contributed by atoms with Crippen LogP contribution in [0.4, 0.5) is 0 Å². The van der Waals surface area contributed by atoms with Crippen LogP contribution in [-0.2, 0) is 12.8 Å². The quantitative estimate of drug-likeness (QED) is 0.402. The molecule has 1 aromatic carbocycles. The minimum absolute atomic E-state index is 0.0692. The van der Waals surface area contributed by atoms with Gasteiger partial charge in [0.25, 0.3) is 0 Å². The Balaban J connectivity index is 2.69. The maximum Gasteiger partial charge on any atom is 0.161 e. The van der Waals surface area contributed by atoms with Crippen LogP contribution in [0, 0.1) is 0 Å². The van der Waals surface area contributed by atoms with Crippen molar-refractivity contribution in [3.63, 3.8) is 0 Å². The minimum atomic E-state index is -0.229.